The van der Waals surface area contributed by atoms with Crippen molar-refractivity contribution in [3.8, 4) is 5.75 Å². The van der Waals surface area contributed by atoms with Crippen LogP contribution in [0.5, 0.6) is 5.75 Å². The van der Waals surface area contributed by atoms with E-state index in [4.69, 9.17) is 4.74 Å². The van der Waals surface area contributed by atoms with Crippen molar-refractivity contribution in [2.45, 2.75) is 38.0 Å². The molecular weight excluding hydrogens is 294 g/mol. The largest absolute Gasteiger partial charge is 0.497 e. The quantitative estimate of drug-likeness (QED) is 0.906. The highest BCUT2D eigenvalue weighted by atomic mass is 32.1. The van der Waals surface area contributed by atoms with Gasteiger partial charge in [0.2, 0.25) is 5.91 Å². The van der Waals surface area contributed by atoms with E-state index in [1.165, 1.54) is 34.4 Å². The molecule has 1 aromatic carbocycles. The van der Waals surface area contributed by atoms with E-state index >= 15 is 0 Å². The van der Waals surface area contributed by atoms with Gasteiger partial charge in [-0.25, -0.2) is 0 Å². The van der Waals surface area contributed by atoms with Crippen LogP contribution >= 0.6 is 11.3 Å². The van der Waals surface area contributed by atoms with Crippen LogP contribution in [0.15, 0.2) is 24.3 Å². The first-order valence-corrected chi connectivity index (χ1v) is 8.66. The van der Waals surface area contributed by atoms with Gasteiger partial charge in [-0.15, -0.1) is 11.3 Å². The van der Waals surface area contributed by atoms with Gasteiger partial charge in [0.15, 0.2) is 0 Å². The average Bonchev–Trinajstić information content (AvgIpc) is 2.92. The van der Waals surface area contributed by atoms with E-state index in [9.17, 15) is 4.79 Å². The second kappa shape index (κ2) is 5.43. The maximum Gasteiger partial charge on any atom is 0.225 e. The molecule has 4 rings (SSSR count). The Morgan fingerprint density at radius 2 is 1.95 bits per heavy atom. The molecule has 1 atom stereocenters. The third-order valence-corrected chi connectivity index (χ3v) is 5.94. The van der Waals surface area contributed by atoms with Crippen LogP contribution in [0.4, 0.5) is 5.00 Å². The van der Waals surface area contributed by atoms with Gasteiger partial charge in [0, 0.05) is 17.2 Å². The normalized spacial score (nSPS) is 20.0. The highest BCUT2D eigenvalue weighted by Gasteiger charge is 2.33. The minimum atomic E-state index is 0.131. The van der Waals surface area contributed by atoms with E-state index in [-0.39, 0.29) is 11.8 Å². The summed E-state index contributed by atoms with van der Waals surface area (Å²) in [5.41, 5.74) is 4.10. The Balaban J connectivity index is 1.80. The Labute approximate surface area is 134 Å². The second-order valence-corrected chi connectivity index (χ2v) is 7.14. The topological polar surface area (TPSA) is 38.3 Å². The molecule has 2 heterocycles. The summed E-state index contributed by atoms with van der Waals surface area (Å²) in [6.45, 7) is 0. The zero-order valence-electron chi connectivity index (χ0n) is 12.6. The summed E-state index contributed by atoms with van der Waals surface area (Å²) >= 11 is 1.79. The third-order valence-electron chi connectivity index (χ3n) is 4.72. The van der Waals surface area contributed by atoms with Crippen LogP contribution in [0.1, 0.15) is 46.7 Å². The van der Waals surface area contributed by atoms with Crippen molar-refractivity contribution < 1.29 is 9.53 Å². The molecule has 2 aliphatic rings. The number of aryl methyl sites for hydroxylation is 1. The van der Waals surface area contributed by atoms with E-state index < -0.39 is 0 Å². The minimum absolute atomic E-state index is 0.131. The summed E-state index contributed by atoms with van der Waals surface area (Å²) in [4.78, 5) is 13.6. The van der Waals surface area contributed by atoms with Crippen molar-refractivity contribution in [2.24, 2.45) is 0 Å². The number of rotatable bonds is 2. The Bertz CT molecular complexity index is 717. The molecule has 3 nitrogen and oxygen atoms in total. The third kappa shape index (κ3) is 2.22. The molecule has 1 N–H and O–H groups in total. The van der Waals surface area contributed by atoms with Crippen molar-refractivity contribution in [3.63, 3.8) is 0 Å². The Hall–Kier alpha value is -1.81. The second-order valence-electron chi connectivity index (χ2n) is 6.03. The molecule has 1 aliphatic carbocycles. The first kappa shape index (κ1) is 13.8. The molecular formula is C18H19NO2S. The summed E-state index contributed by atoms with van der Waals surface area (Å²) in [6.07, 6.45) is 5.40. The molecule has 4 heteroatoms. The van der Waals surface area contributed by atoms with E-state index in [1.54, 1.807) is 18.4 Å². The van der Waals surface area contributed by atoms with Crippen molar-refractivity contribution in [3.05, 3.63) is 45.8 Å². The first-order chi connectivity index (χ1) is 10.8. The molecule has 0 saturated heterocycles. The molecule has 22 heavy (non-hydrogen) atoms. The molecule has 0 saturated carbocycles. The SMILES string of the molecule is COc1ccc([C@H]2CC(=O)Nc3sc4c(c32)CCCC4)cc1. The van der Waals surface area contributed by atoms with E-state index in [0.29, 0.717) is 6.42 Å². The first-order valence-electron chi connectivity index (χ1n) is 7.84. The van der Waals surface area contributed by atoms with E-state index in [2.05, 4.69) is 17.4 Å². The molecule has 1 aromatic heterocycles. The standard InChI is InChI=1S/C18H19NO2S/c1-21-12-8-6-11(7-9-12)14-10-16(20)19-18-17(14)13-4-2-3-5-15(13)22-18/h6-9,14H,2-5,10H2,1H3,(H,19,20)/t14-/m1/s1. The van der Waals surface area contributed by atoms with E-state index in [0.717, 1.165) is 23.6 Å². The van der Waals surface area contributed by atoms with Gasteiger partial charge in [-0.2, -0.15) is 0 Å². The maximum absolute atomic E-state index is 12.1. The summed E-state index contributed by atoms with van der Waals surface area (Å²) in [5, 5.41) is 4.18. The summed E-state index contributed by atoms with van der Waals surface area (Å²) < 4.78 is 5.25. The van der Waals surface area contributed by atoms with Gasteiger partial charge in [0.05, 0.1) is 12.1 Å². The lowest BCUT2D eigenvalue weighted by atomic mass is 9.82. The van der Waals surface area contributed by atoms with Gasteiger partial charge in [0.1, 0.15) is 5.75 Å². The number of carbonyl (C=O) groups is 1. The summed E-state index contributed by atoms with van der Waals surface area (Å²) in [6, 6.07) is 8.16. The molecule has 0 spiro atoms. The molecule has 1 aliphatic heterocycles. The van der Waals surface area contributed by atoms with Gasteiger partial charge < -0.3 is 10.1 Å². The van der Waals surface area contributed by atoms with Crippen LogP contribution in [0, 0.1) is 0 Å². The van der Waals surface area contributed by atoms with Gasteiger partial charge in [0.25, 0.3) is 0 Å². The Morgan fingerprint density at radius 1 is 1.18 bits per heavy atom. The predicted molar refractivity (Wildman–Crippen MR) is 89.0 cm³/mol. The van der Waals surface area contributed by atoms with Gasteiger partial charge in [-0.3, -0.25) is 4.79 Å². The van der Waals surface area contributed by atoms with Crippen LogP contribution in [0.25, 0.3) is 0 Å². The number of thiophene rings is 1. The molecule has 0 fully saturated rings. The zero-order chi connectivity index (χ0) is 15.1. The number of fused-ring (bicyclic) bond motifs is 3. The molecule has 114 valence electrons. The Morgan fingerprint density at radius 3 is 2.73 bits per heavy atom. The minimum Gasteiger partial charge on any atom is -0.497 e. The molecule has 1 amide bonds. The molecule has 0 unspecified atom stereocenters. The lowest BCUT2D eigenvalue weighted by molar-refractivity contribution is -0.116. The van der Waals surface area contributed by atoms with Crippen molar-refractivity contribution in [1.29, 1.82) is 0 Å². The average molecular weight is 313 g/mol. The number of hydrogen-bond donors (Lipinski definition) is 1. The Kier molecular flexibility index (Phi) is 3.41. The van der Waals surface area contributed by atoms with Crippen LogP contribution < -0.4 is 10.1 Å². The fourth-order valence-corrected chi connectivity index (χ4v) is 5.01. The smallest absolute Gasteiger partial charge is 0.225 e. The van der Waals surface area contributed by atoms with Crippen LogP contribution in [0.2, 0.25) is 0 Å². The molecule has 0 radical (unpaired) electrons. The molecule has 2 aromatic rings. The molecule has 0 bridgehead atoms. The number of nitrogens with one attached hydrogen (secondary N) is 1. The predicted octanol–water partition coefficient (Wildman–Crippen LogP) is 4.11. The maximum atomic E-state index is 12.1. The number of carbonyl (C=O) groups excluding carboxylic acids is 1. The monoisotopic (exact) mass is 313 g/mol. The van der Waals surface area contributed by atoms with Crippen LogP contribution in [0.3, 0.4) is 0 Å². The summed E-state index contributed by atoms with van der Waals surface area (Å²) in [7, 11) is 1.68. The highest BCUT2D eigenvalue weighted by molar-refractivity contribution is 7.16. The number of anilines is 1. The van der Waals surface area contributed by atoms with Crippen LogP contribution in [-0.4, -0.2) is 13.0 Å². The van der Waals surface area contributed by atoms with Crippen LogP contribution in [-0.2, 0) is 17.6 Å². The number of ether oxygens (including phenoxy) is 1. The van der Waals surface area contributed by atoms with Crippen molar-refractivity contribution in [2.75, 3.05) is 12.4 Å². The fourth-order valence-electron chi connectivity index (χ4n) is 3.64. The fraction of sp³-hybridized carbons (Fsp3) is 0.389. The number of methoxy groups -OCH3 is 1. The van der Waals surface area contributed by atoms with Crippen molar-refractivity contribution >= 4 is 22.2 Å². The summed E-state index contributed by atoms with van der Waals surface area (Å²) in [5.74, 6) is 1.18. The van der Waals surface area contributed by atoms with Crippen molar-refractivity contribution in [1.82, 2.24) is 0 Å². The lowest BCUT2D eigenvalue weighted by Crippen LogP contribution is -2.23. The number of hydrogen-bond acceptors (Lipinski definition) is 3. The van der Waals surface area contributed by atoms with E-state index in [1.807, 2.05) is 12.1 Å². The van der Waals surface area contributed by atoms with Gasteiger partial charge in [-0.1, -0.05) is 12.1 Å². The van der Waals surface area contributed by atoms with Gasteiger partial charge >= 0.3 is 0 Å². The number of amides is 1. The number of benzene rings is 1. The zero-order valence-corrected chi connectivity index (χ0v) is 13.5. The lowest BCUT2D eigenvalue weighted by Gasteiger charge is -2.25. The van der Waals surface area contributed by atoms with Gasteiger partial charge in [-0.05, 0) is 54.5 Å². The highest BCUT2D eigenvalue weighted by Crippen LogP contribution is 2.47.